The Kier molecular flexibility index (Phi) is 5.24. The number of carbonyl (C=O) groups excluding carboxylic acids is 1. The van der Waals surface area contributed by atoms with Gasteiger partial charge in [0.25, 0.3) is 5.91 Å². The van der Waals surface area contributed by atoms with Gasteiger partial charge in [0, 0.05) is 31.4 Å². The lowest BCUT2D eigenvalue weighted by atomic mass is 9.94. The van der Waals surface area contributed by atoms with E-state index in [1.807, 2.05) is 0 Å². The number of carbonyl (C=O) groups is 1. The predicted molar refractivity (Wildman–Crippen MR) is 90.5 cm³/mol. The quantitative estimate of drug-likeness (QED) is 0.806. The Morgan fingerprint density at radius 1 is 1.32 bits per heavy atom. The number of benzene rings is 1. The minimum atomic E-state index is -0.460. The zero-order chi connectivity index (χ0) is 17.6. The molecule has 128 valence electrons. The number of amides is 1. The second-order valence-corrected chi connectivity index (χ2v) is 5.74. The van der Waals surface area contributed by atoms with Crippen molar-refractivity contribution in [3.05, 3.63) is 48.2 Å². The van der Waals surface area contributed by atoms with Gasteiger partial charge < -0.3 is 9.64 Å². The second-order valence-electron chi connectivity index (χ2n) is 5.74. The van der Waals surface area contributed by atoms with Gasteiger partial charge in [0.2, 0.25) is 5.88 Å². The van der Waals surface area contributed by atoms with Crippen LogP contribution >= 0.6 is 0 Å². The molecule has 0 spiro atoms. The number of hydrogen-bond donors (Lipinski definition) is 0. The fourth-order valence-corrected chi connectivity index (χ4v) is 2.90. The van der Waals surface area contributed by atoms with Crippen LogP contribution in [0.25, 0.3) is 0 Å². The van der Waals surface area contributed by atoms with Crippen molar-refractivity contribution in [3.8, 4) is 23.5 Å². The molecule has 2 aromatic rings. The van der Waals surface area contributed by atoms with E-state index in [0.717, 1.165) is 12.8 Å². The highest BCUT2D eigenvalue weighted by atomic mass is 19.1. The first-order chi connectivity index (χ1) is 12.2. The van der Waals surface area contributed by atoms with Gasteiger partial charge in [-0.05, 0) is 37.8 Å². The van der Waals surface area contributed by atoms with Crippen molar-refractivity contribution in [2.24, 2.45) is 0 Å². The Balaban J connectivity index is 1.84. The first-order valence-electron chi connectivity index (χ1n) is 8.14. The Bertz CT molecular complexity index is 829. The molecule has 6 heteroatoms. The molecule has 3 rings (SSSR count). The number of nitrogens with zero attached hydrogens (tertiary/aromatic N) is 3. The van der Waals surface area contributed by atoms with Crippen molar-refractivity contribution < 1.29 is 13.9 Å². The van der Waals surface area contributed by atoms with Crippen LogP contribution in [0.3, 0.4) is 0 Å². The highest BCUT2D eigenvalue weighted by Gasteiger charge is 2.28. The molecule has 0 bridgehead atoms. The molecular weight excluding hydrogens is 321 g/mol. The first-order valence-corrected chi connectivity index (χ1v) is 8.14. The summed E-state index contributed by atoms with van der Waals surface area (Å²) in [6.45, 7) is 2.82. The van der Waals surface area contributed by atoms with Gasteiger partial charge in [-0.1, -0.05) is 18.1 Å². The van der Waals surface area contributed by atoms with Crippen LogP contribution in [0, 0.1) is 17.7 Å². The van der Waals surface area contributed by atoms with Crippen molar-refractivity contribution in [1.29, 1.82) is 0 Å². The van der Waals surface area contributed by atoms with Crippen LogP contribution in [0.1, 0.15) is 31.4 Å². The van der Waals surface area contributed by atoms with Crippen molar-refractivity contribution in [2.45, 2.75) is 25.7 Å². The number of para-hydroxylation sites is 1. The number of hydrogen-bond acceptors (Lipinski definition) is 4. The van der Waals surface area contributed by atoms with E-state index in [9.17, 15) is 9.18 Å². The third kappa shape index (κ3) is 3.94. The van der Waals surface area contributed by atoms with Gasteiger partial charge >= 0.3 is 0 Å². The SMILES string of the molecule is CC#CC(=O)N1CCCC(c2nccnc2Oc2ccccc2F)C1. The fourth-order valence-electron chi connectivity index (χ4n) is 2.90. The topological polar surface area (TPSA) is 55.3 Å². The summed E-state index contributed by atoms with van der Waals surface area (Å²) in [5.41, 5.74) is 0.632. The average molecular weight is 339 g/mol. The third-order valence-electron chi connectivity index (χ3n) is 4.06. The minimum Gasteiger partial charge on any atom is -0.434 e. The summed E-state index contributed by atoms with van der Waals surface area (Å²) in [5, 5.41) is 0. The molecule has 2 heterocycles. The normalized spacial score (nSPS) is 16.7. The van der Waals surface area contributed by atoms with Crippen molar-refractivity contribution in [1.82, 2.24) is 14.9 Å². The highest BCUT2D eigenvalue weighted by Crippen LogP contribution is 2.33. The smallest absolute Gasteiger partial charge is 0.298 e. The molecule has 1 aromatic carbocycles. The van der Waals surface area contributed by atoms with E-state index >= 15 is 0 Å². The van der Waals surface area contributed by atoms with E-state index in [1.165, 1.54) is 12.3 Å². The lowest BCUT2D eigenvalue weighted by Crippen LogP contribution is -2.38. The second kappa shape index (κ2) is 7.75. The van der Waals surface area contributed by atoms with Crippen LogP contribution in [-0.4, -0.2) is 33.9 Å². The van der Waals surface area contributed by atoms with Crippen LogP contribution in [-0.2, 0) is 4.79 Å². The van der Waals surface area contributed by atoms with Crippen LogP contribution in [0.4, 0.5) is 4.39 Å². The Hall–Kier alpha value is -2.94. The molecule has 1 aromatic heterocycles. The van der Waals surface area contributed by atoms with Crippen molar-refractivity contribution in [3.63, 3.8) is 0 Å². The fraction of sp³-hybridized carbons (Fsp3) is 0.316. The third-order valence-corrected chi connectivity index (χ3v) is 4.06. The number of halogens is 1. The van der Waals surface area contributed by atoms with Gasteiger partial charge in [0.15, 0.2) is 11.6 Å². The van der Waals surface area contributed by atoms with E-state index in [-0.39, 0.29) is 23.5 Å². The molecule has 0 radical (unpaired) electrons. The average Bonchev–Trinajstić information content (AvgIpc) is 2.64. The van der Waals surface area contributed by atoms with Gasteiger partial charge in [0.05, 0.1) is 0 Å². The number of likely N-dealkylation sites (tertiary alicyclic amines) is 1. The lowest BCUT2D eigenvalue weighted by molar-refractivity contribution is -0.126. The molecule has 1 fully saturated rings. The number of ether oxygens (including phenoxy) is 1. The molecule has 5 nitrogen and oxygen atoms in total. The molecule has 1 atom stereocenters. The lowest BCUT2D eigenvalue weighted by Gasteiger charge is -2.31. The summed E-state index contributed by atoms with van der Waals surface area (Å²) >= 11 is 0. The molecule has 1 amide bonds. The number of rotatable bonds is 3. The zero-order valence-electron chi connectivity index (χ0n) is 13.9. The van der Waals surface area contributed by atoms with Crippen LogP contribution < -0.4 is 4.74 Å². The molecule has 0 saturated carbocycles. The Morgan fingerprint density at radius 2 is 2.12 bits per heavy atom. The zero-order valence-corrected chi connectivity index (χ0v) is 13.9. The molecule has 0 aliphatic carbocycles. The van der Waals surface area contributed by atoms with E-state index in [4.69, 9.17) is 4.74 Å². The highest BCUT2D eigenvalue weighted by molar-refractivity contribution is 5.93. The minimum absolute atomic E-state index is 0.0215. The number of piperidine rings is 1. The Morgan fingerprint density at radius 3 is 2.92 bits per heavy atom. The van der Waals surface area contributed by atoms with E-state index < -0.39 is 5.82 Å². The van der Waals surface area contributed by atoms with Crippen molar-refractivity contribution >= 4 is 5.91 Å². The standard InChI is InChI=1S/C19H18FN3O2/c1-2-6-17(24)23-12-5-7-14(13-23)18-19(22-11-10-21-18)25-16-9-4-3-8-15(16)20/h3-4,8-11,14H,5,7,12-13H2,1H3. The molecule has 25 heavy (non-hydrogen) atoms. The summed E-state index contributed by atoms with van der Waals surface area (Å²) in [6.07, 6.45) is 4.79. The van der Waals surface area contributed by atoms with Gasteiger partial charge in [-0.3, -0.25) is 9.78 Å². The van der Waals surface area contributed by atoms with Crippen LogP contribution in [0.15, 0.2) is 36.7 Å². The van der Waals surface area contributed by atoms with Crippen LogP contribution in [0.2, 0.25) is 0 Å². The van der Waals surface area contributed by atoms with Gasteiger partial charge in [-0.15, -0.1) is 0 Å². The summed E-state index contributed by atoms with van der Waals surface area (Å²) < 4.78 is 19.5. The van der Waals surface area contributed by atoms with E-state index in [1.54, 1.807) is 36.2 Å². The molecule has 1 saturated heterocycles. The first kappa shape index (κ1) is 16.9. The maximum Gasteiger partial charge on any atom is 0.298 e. The van der Waals surface area contributed by atoms with Crippen molar-refractivity contribution in [2.75, 3.05) is 13.1 Å². The van der Waals surface area contributed by atoms with E-state index in [2.05, 4.69) is 21.8 Å². The molecule has 0 N–H and O–H groups in total. The summed E-state index contributed by atoms with van der Waals surface area (Å²) in [5.74, 6) is 4.91. The predicted octanol–water partition coefficient (Wildman–Crippen LogP) is 3.14. The molecular formula is C19H18FN3O2. The summed E-state index contributed by atoms with van der Waals surface area (Å²) in [7, 11) is 0. The molecule has 1 unspecified atom stereocenters. The van der Waals surface area contributed by atoms with Gasteiger partial charge in [-0.2, -0.15) is 0 Å². The molecule has 1 aliphatic rings. The maximum atomic E-state index is 13.9. The van der Waals surface area contributed by atoms with Gasteiger partial charge in [0.1, 0.15) is 5.69 Å². The molecule has 1 aliphatic heterocycles. The summed E-state index contributed by atoms with van der Waals surface area (Å²) in [6, 6.07) is 6.16. The van der Waals surface area contributed by atoms with Gasteiger partial charge in [-0.25, -0.2) is 9.37 Å². The number of aromatic nitrogens is 2. The summed E-state index contributed by atoms with van der Waals surface area (Å²) in [4.78, 5) is 22.3. The van der Waals surface area contributed by atoms with E-state index in [0.29, 0.717) is 18.8 Å². The maximum absolute atomic E-state index is 13.9. The Labute approximate surface area is 145 Å². The largest absolute Gasteiger partial charge is 0.434 e. The monoisotopic (exact) mass is 339 g/mol. The van der Waals surface area contributed by atoms with Crippen LogP contribution in [0.5, 0.6) is 11.6 Å².